The van der Waals surface area contributed by atoms with Crippen molar-refractivity contribution in [2.24, 2.45) is 5.41 Å². The van der Waals surface area contributed by atoms with Crippen molar-refractivity contribution in [1.29, 1.82) is 0 Å². The molecule has 0 amide bonds. The van der Waals surface area contributed by atoms with Crippen LogP contribution >= 0.6 is 0 Å². The number of hydrogen-bond donors (Lipinski definition) is 2. The van der Waals surface area contributed by atoms with Gasteiger partial charge in [0.25, 0.3) is 0 Å². The minimum Gasteiger partial charge on any atom is -0.384 e. The van der Waals surface area contributed by atoms with Gasteiger partial charge in [0.2, 0.25) is 0 Å². The molecule has 0 spiro atoms. The Kier molecular flexibility index (Phi) is 3.91. The molecule has 2 rings (SSSR count). The van der Waals surface area contributed by atoms with Crippen molar-refractivity contribution in [2.45, 2.75) is 46.0 Å². The second-order valence-corrected chi connectivity index (χ2v) is 7.16. The smallest absolute Gasteiger partial charge is 0.0370 e. The third kappa shape index (κ3) is 3.50. The third-order valence-electron chi connectivity index (χ3n) is 4.26. The molecule has 2 N–H and O–H groups in total. The Morgan fingerprint density at radius 1 is 1.16 bits per heavy atom. The Bertz CT molecular complexity index is 439. The molecule has 0 aromatic heterocycles. The van der Waals surface area contributed by atoms with Crippen LogP contribution < -0.4 is 10.6 Å². The van der Waals surface area contributed by atoms with Crippen LogP contribution in [0.25, 0.3) is 0 Å². The molecule has 1 saturated carbocycles. The molecule has 2 heteroatoms. The van der Waals surface area contributed by atoms with E-state index < -0.39 is 0 Å². The largest absolute Gasteiger partial charge is 0.384 e. The van der Waals surface area contributed by atoms with Crippen molar-refractivity contribution >= 4 is 5.69 Å². The summed E-state index contributed by atoms with van der Waals surface area (Å²) in [4.78, 5) is 0. The van der Waals surface area contributed by atoms with E-state index in [1.54, 1.807) is 0 Å². The van der Waals surface area contributed by atoms with E-state index in [2.05, 4.69) is 56.5 Å². The van der Waals surface area contributed by atoms with E-state index in [-0.39, 0.29) is 5.41 Å². The van der Waals surface area contributed by atoms with Crippen molar-refractivity contribution in [2.75, 3.05) is 25.5 Å². The maximum Gasteiger partial charge on any atom is 0.0370 e. The zero-order valence-electron chi connectivity index (χ0n) is 13.1. The van der Waals surface area contributed by atoms with E-state index >= 15 is 0 Å². The number of hydrogen-bond acceptors (Lipinski definition) is 2. The van der Waals surface area contributed by atoms with Crippen LogP contribution in [0, 0.1) is 12.3 Å². The van der Waals surface area contributed by atoms with Crippen molar-refractivity contribution in [3.8, 4) is 0 Å². The highest BCUT2D eigenvalue weighted by molar-refractivity contribution is 5.53. The Morgan fingerprint density at radius 2 is 1.84 bits per heavy atom. The highest BCUT2D eigenvalue weighted by atomic mass is 14.9. The molecule has 0 atom stereocenters. The molecule has 19 heavy (non-hydrogen) atoms. The second-order valence-electron chi connectivity index (χ2n) is 7.16. The van der Waals surface area contributed by atoms with Crippen molar-refractivity contribution in [1.82, 2.24) is 5.32 Å². The topological polar surface area (TPSA) is 24.1 Å². The first-order valence-corrected chi connectivity index (χ1v) is 7.36. The predicted octanol–water partition coefficient (Wildman–Crippen LogP) is 3.70. The van der Waals surface area contributed by atoms with Crippen LogP contribution in [0.1, 0.15) is 44.7 Å². The lowest BCUT2D eigenvalue weighted by atomic mass is 9.86. The molecule has 106 valence electrons. The SMILES string of the molecule is CNCC1(CNc2ccc(C(C)(C)C)cc2C)CC1. The van der Waals surface area contributed by atoms with Crippen molar-refractivity contribution < 1.29 is 0 Å². The molecular formula is C17H28N2. The molecule has 1 aliphatic carbocycles. The fourth-order valence-electron chi connectivity index (χ4n) is 2.58. The highest BCUT2D eigenvalue weighted by Gasteiger charge is 2.41. The van der Waals surface area contributed by atoms with E-state index in [0.29, 0.717) is 5.41 Å². The minimum absolute atomic E-state index is 0.229. The summed E-state index contributed by atoms with van der Waals surface area (Å²) in [5, 5.41) is 6.95. The minimum atomic E-state index is 0.229. The number of nitrogens with one attached hydrogen (secondary N) is 2. The van der Waals surface area contributed by atoms with E-state index in [1.807, 2.05) is 7.05 Å². The van der Waals surface area contributed by atoms with Gasteiger partial charge in [-0.25, -0.2) is 0 Å². The lowest BCUT2D eigenvalue weighted by molar-refractivity contribution is 0.507. The number of aryl methyl sites for hydroxylation is 1. The lowest BCUT2D eigenvalue weighted by Crippen LogP contribution is -2.27. The fraction of sp³-hybridized carbons (Fsp3) is 0.647. The lowest BCUT2D eigenvalue weighted by Gasteiger charge is -2.22. The van der Waals surface area contributed by atoms with Gasteiger partial charge in [-0.15, -0.1) is 0 Å². The summed E-state index contributed by atoms with van der Waals surface area (Å²) in [6.45, 7) is 11.2. The number of anilines is 1. The molecule has 1 aliphatic rings. The van der Waals surface area contributed by atoms with Crippen LogP contribution in [-0.4, -0.2) is 20.1 Å². The van der Waals surface area contributed by atoms with Gasteiger partial charge in [-0.3, -0.25) is 0 Å². The standard InChI is InChI=1S/C17H28N2/c1-13-10-14(16(2,3)4)6-7-15(13)19-12-17(8-9-17)11-18-5/h6-7,10,18-19H,8-9,11-12H2,1-5H3. The second kappa shape index (κ2) is 5.16. The Balaban J connectivity index is 2.02. The summed E-state index contributed by atoms with van der Waals surface area (Å²) in [5.74, 6) is 0. The highest BCUT2D eigenvalue weighted by Crippen LogP contribution is 2.45. The first-order chi connectivity index (χ1) is 8.86. The van der Waals surface area contributed by atoms with Gasteiger partial charge < -0.3 is 10.6 Å². The summed E-state index contributed by atoms with van der Waals surface area (Å²) < 4.78 is 0. The van der Waals surface area contributed by atoms with Crippen LogP contribution in [-0.2, 0) is 5.41 Å². The quantitative estimate of drug-likeness (QED) is 0.843. The molecule has 0 bridgehead atoms. The van der Waals surface area contributed by atoms with Gasteiger partial charge in [-0.05, 0) is 49.4 Å². The normalized spacial score (nSPS) is 17.3. The molecule has 0 saturated heterocycles. The van der Waals surface area contributed by atoms with E-state index in [4.69, 9.17) is 0 Å². The zero-order chi connectivity index (χ0) is 14.1. The first kappa shape index (κ1) is 14.4. The van der Waals surface area contributed by atoms with Gasteiger partial charge in [0.1, 0.15) is 0 Å². The molecule has 1 aromatic carbocycles. The molecule has 1 aromatic rings. The molecule has 1 fully saturated rings. The molecule has 0 radical (unpaired) electrons. The van der Waals surface area contributed by atoms with Crippen LogP contribution in [0.15, 0.2) is 18.2 Å². The van der Waals surface area contributed by atoms with E-state index in [9.17, 15) is 0 Å². The molecule has 0 heterocycles. The van der Waals surface area contributed by atoms with E-state index in [1.165, 1.54) is 29.7 Å². The summed E-state index contributed by atoms with van der Waals surface area (Å²) in [5.41, 5.74) is 4.78. The van der Waals surface area contributed by atoms with Crippen LogP contribution in [0.5, 0.6) is 0 Å². The van der Waals surface area contributed by atoms with Gasteiger partial charge in [-0.2, -0.15) is 0 Å². The van der Waals surface area contributed by atoms with Crippen LogP contribution in [0.2, 0.25) is 0 Å². The summed E-state index contributed by atoms with van der Waals surface area (Å²) in [6.07, 6.45) is 2.69. The molecule has 0 aliphatic heterocycles. The Hall–Kier alpha value is -1.02. The van der Waals surface area contributed by atoms with Crippen LogP contribution in [0.4, 0.5) is 5.69 Å². The average molecular weight is 260 g/mol. The van der Waals surface area contributed by atoms with Gasteiger partial charge in [0.15, 0.2) is 0 Å². The molecule has 2 nitrogen and oxygen atoms in total. The van der Waals surface area contributed by atoms with Gasteiger partial charge in [0, 0.05) is 24.2 Å². The maximum absolute atomic E-state index is 3.64. The van der Waals surface area contributed by atoms with Crippen molar-refractivity contribution in [3.05, 3.63) is 29.3 Å². The molecular weight excluding hydrogens is 232 g/mol. The van der Waals surface area contributed by atoms with Gasteiger partial charge in [-0.1, -0.05) is 32.9 Å². The fourth-order valence-corrected chi connectivity index (χ4v) is 2.58. The van der Waals surface area contributed by atoms with Gasteiger partial charge in [0.05, 0.1) is 0 Å². The summed E-state index contributed by atoms with van der Waals surface area (Å²) >= 11 is 0. The number of rotatable bonds is 5. The molecule has 0 unspecified atom stereocenters. The summed E-state index contributed by atoms with van der Waals surface area (Å²) in [7, 11) is 2.05. The Labute approximate surface area is 118 Å². The maximum atomic E-state index is 3.64. The predicted molar refractivity (Wildman–Crippen MR) is 84.0 cm³/mol. The monoisotopic (exact) mass is 260 g/mol. The van der Waals surface area contributed by atoms with E-state index in [0.717, 1.165) is 13.1 Å². The van der Waals surface area contributed by atoms with Crippen molar-refractivity contribution in [3.63, 3.8) is 0 Å². The van der Waals surface area contributed by atoms with Gasteiger partial charge >= 0.3 is 0 Å². The summed E-state index contributed by atoms with van der Waals surface area (Å²) in [6, 6.07) is 6.82. The van der Waals surface area contributed by atoms with Crippen LogP contribution in [0.3, 0.4) is 0 Å². The third-order valence-corrected chi connectivity index (χ3v) is 4.26. The first-order valence-electron chi connectivity index (χ1n) is 7.36. The Morgan fingerprint density at radius 3 is 2.32 bits per heavy atom. The number of benzene rings is 1. The average Bonchev–Trinajstić information content (AvgIpc) is 3.07. The zero-order valence-corrected chi connectivity index (χ0v) is 13.1.